The molecule has 1 nitrogen and oxygen atoms in total. The summed E-state index contributed by atoms with van der Waals surface area (Å²) in [6.45, 7) is 3.79. The van der Waals surface area contributed by atoms with E-state index in [9.17, 15) is 9.18 Å². The van der Waals surface area contributed by atoms with E-state index < -0.39 is 5.82 Å². The second-order valence-electron chi connectivity index (χ2n) is 4.95. The second kappa shape index (κ2) is 5.30. The van der Waals surface area contributed by atoms with E-state index in [1.54, 1.807) is 12.1 Å². The predicted octanol–water partition coefficient (Wildman–Crippen LogP) is 4.92. The molecule has 0 radical (unpaired) electrons. The van der Waals surface area contributed by atoms with Gasteiger partial charge in [-0.15, -0.1) is 0 Å². The van der Waals surface area contributed by atoms with Crippen LogP contribution in [0.15, 0.2) is 60.7 Å². The highest BCUT2D eigenvalue weighted by atomic mass is 35.5. The smallest absolute Gasteiger partial charge is 0.189 e. The lowest BCUT2D eigenvalue weighted by molar-refractivity contribution is -0.110. The van der Waals surface area contributed by atoms with E-state index in [1.165, 1.54) is 6.07 Å². The first-order valence-corrected chi connectivity index (χ1v) is 6.92. The van der Waals surface area contributed by atoms with Gasteiger partial charge in [0.1, 0.15) is 5.82 Å². The molecule has 0 heterocycles. The van der Waals surface area contributed by atoms with Gasteiger partial charge in [0.05, 0.1) is 0 Å². The van der Waals surface area contributed by atoms with Crippen molar-refractivity contribution in [2.75, 3.05) is 0 Å². The largest absolute Gasteiger partial charge is 0.289 e. The molecule has 0 fully saturated rings. The molecule has 0 aromatic heterocycles. The Balaban J connectivity index is 2.23. The minimum Gasteiger partial charge on any atom is -0.289 e. The molecule has 0 aliphatic heterocycles. The average molecular weight is 299 g/mol. The van der Waals surface area contributed by atoms with Crippen LogP contribution in [0.5, 0.6) is 0 Å². The van der Waals surface area contributed by atoms with Gasteiger partial charge in [-0.2, -0.15) is 0 Å². The fourth-order valence-electron chi connectivity index (χ4n) is 2.57. The Hall–Kier alpha value is -2.19. The molecule has 3 rings (SSSR count). The lowest BCUT2D eigenvalue weighted by atomic mass is 9.96. The molecule has 0 saturated carbocycles. The van der Waals surface area contributed by atoms with Crippen LogP contribution in [-0.2, 0) is 4.79 Å². The molecule has 21 heavy (non-hydrogen) atoms. The summed E-state index contributed by atoms with van der Waals surface area (Å²) in [6, 6.07) is 13.8. The highest BCUT2D eigenvalue weighted by molar-refractivity contribution is 6.38. The number of hydrogen-bond acceptors (Lipinski definition) is 1. The zero-order chi connectivity index (χ0) is 15.0. The lowest BCUT2D eigenvalue weighted by Crippen LogP contribution is -1.98. The van der Waals surface area contributed by atoms with E-state index in [0.29, 0.717) is 33.7 Å². The van der Waals surface area contributed by atoms with E-state index in [-0.39, 0.29) is 5.78 Å². The van der Waals surface area contributed by atoms with Crippen LogP contribution in [0.2, 0.25) is 5.02 Å². The van der Waals surface area contributed by atoms with E-state index in [2.05, 4.69) is 6.58 Å². The van der Waals surface area contributed by atoms with Gasteiger partial charge in [-0.05, 0) is 28.8 Å². The molecule has 0 bridgehead atoms. The van der Waals surface area contributed by atoms with Gasteiger partial charge in [0, 0.05) is 22.6 Å². The Bertz CT molecular complexity index is 775. The molecular weight excluding hydrogens is 287 g/mol. The zero-order valence-electron chi connectivity index (χ0n) is 11.2. The quantitative estimate of drug-likeness (QED) is 0.719. The molecule has 1 aliphatic carbocycles. The van der Waals surface area contributed by atoms with E-state index in [0.717, 1.165) is 5.56 Å². The number of hydrogen-bond donors (Lipinski definition) is 0. The van der Waals surface area contributed by atoms with Crippen LogP contribution in [0.25, 0.3) is 11.1 Å². The lowest BCUT2D eigenvalue weighted by Gasteiger charge is -2.08. The maximum Gasteiger partial charge on any atom is 0.189 e. The number of ketones is 1. The van der Waals surface area contributed by atoms with E-state index in [1.807, 2.05) is 30.3 Å². The number of benzene rings is 2. The summed E-state index contributed by atoms with van der Waals surface area (Å²) in [6.07, 6.45) is 0.363. The van der Waals surface area contributed by atoms with Crippen molar-refractivity contribution in [1.82, 2.24) is 0 Å². The number of allylic oxidation sites excluding steroid dienone is 3. The van der Waals surface area contributed by atoms with Crippen LogP contribution in [-0.4, -0.2) is 5.78 Å². The van der Waals surface area contributed by atoms with Crippen molar-refractivity contribution in [3.8, 4) is 0 Å². The maximum absolute atomic E-state index is 14.2. The van der Waals surface area contributed by atoms with Gasteiger partial charge < -0.3 is 0 Å². The van der Waals surface area contributed by atoms with Gasteiger partial charge in [0.2, 0.25) is 0 Å². The highest BCUT2D eigenvalue weighted by Crippen LogP contribution is 2.40. The minimum atomic E-state index is -0.423. The number of carbonyl (C=O) groups is 1. The number of Topliss-reactive ketones (excluding diaryl/α,β-unsaturated/α-hetero) is 1. The summed E-state index contributed by atoms with van der Waals surface area (Å²) in [5.74, 6) is -0.543. The van der Waals surface area contributed by atoms with Gasteiger partial charge in [-0.1, -0.05) is 54.6 Å². The Labute approximate surface area is 127 Å². The summed E-state index contributed by atoms with van der Waals surface area (Å²) in [5, 5.41) is 0.335. The molecule has 1 aliphatic rings. The zero-order valence-corrected chi connectivity index (χ0v) is 12.0. The highest BCUT2D eigenvalue weighted by Gasteiger charge is 2.29. The van der Waals surface area contributed by atoms with Crippen molar-refractivity contribution in [3.63, 3.8) is 0 Å². The van der Waals surface area contributed by atoms with Crippen LogP contribution in [0, 0.1) is 5.82 Å². The van der Waals surface area contributed by atoms with Crippen molar-refractivity contribution in [2.24, 2.45) is 0 Å². The Morgan fingerprint density at radius 2 is 1.81 bits per heavy atom. The molecule has 2 aromatic carbocycles. The van der Waals surface area contributed by atoms with Crippen molar-refractivity contribution >= 4 is 28.5 Å². The molecule has 0 saturated heterocycles. The molecule has 2 aromatic rings. The van der Waals surface area contributed by atoms with Crippen molar-refractivity contribution < 1.29 is 9.18 Å². The third-order valence-electron chi connectivity index (χ3n) is 3.56. The molecule has 0 atom stereocenters. The average Bonchev–Trinajstić information content (AvgIpc) is 2.75. The van der Waals surface area contributed by atoms with Gasteiger partial charge in [-0.25, -0.2) is 4.39 Å². The van der Waals surface area contributed by atoms with Crippen LogP contribution in [0.4, 0.5) is 4.39 Å². The molecule has 3 heteroatoms. The van der Waals surface area contributed by atoms with Crippen LogP contribution >= 0.6 is 11.6 Å². The molecule has 0 N–H and O–H groups in total. The molecule has 104 valence electrons. The Morgan fingerprint density at radius 1 is 1.10 bits per heavy atom. The SMILES string of the molecule is C=C1CC(c2ccc(Cl)cc2F)=C(c2ccccc2)C1=O. The first-order chi connectivity index (χ1) is 10.1. The molecular formula is C18H12ClFO. The predicted molar refractivity (Wildman–Crippen MR) is 83.4 cm³/mol. The fourth-order valence-corrected chi connectivity index (χ4v) is 2.73. The summed E-state index contributed by atoms with van der Waals surface area (Å²) >= 11 is 5.79. The summed E-state index contributed by atoms with van der Waals surface area (Å²) in [5.41, 5.74) is 2.88. The maximum atomic E-state index is 14.2. The van der Waals surface area contributed by atoms with Crippen LogP contribution in [0.3, 0.4) is 0 Å². The normalized spacial score (nSPS) is 15.0. The second-order valence-corrected chi connectivity index (χ2v) is 5.39. The Morgan fingerprint density at radius 3 is 2.48 bits per heavy atom. The first-order valence-electron chi connectivity index (χ1n) is 6.54. The van der Waals surface area contributed by atoms with E-state index >= 15 is 0 Å². The van der Waals surface area contributed by atoms with E-state index in [4.69, 9.17) is 11.6 Å². The third-order valence-corrected chi connectivity index (χ3v) is 3.79. The van der Waals surface area contributed by atoms with Gasteiger partial charge in [-0.3, -0.25) is 4.79 Å². The van der Waals surface area contributed by atoms with Gasteiger partial charge in [0.15, 0.2) is 5.78 Å². The van der Waals surface area contributed by atoms with Crippen LogP contribution in [0.1, 0.15) is 17.5 Å². The number of carbonyl (C=O) groups excluding carboxylic acids is 1. The Kier molecular flexibility index (Phi) is 3.48. The summed E-state index contributed by atoms with van der Waals surface area (Å²) in [4.78, 5) is 12.4. The minimum absolute atomic E-state index is 0.120. The third kappa shape index (κ3) is 2.43. The molecule has 0 unspecified atom stereocenters. The summed E-state index contributed by atoms with van der Waals surface area (Å²) in [7, 11) is 0. The van der Waals surface area contributed by atoms with Crippen molar-refractivity contribution in [3.05, 3.63) is 82.6 Å². The van der Waals surface area contributed by atoms with Crippen molar-refractivity contribution in [1.29, 1.82) is 0 Å². The summed E-state index contributed by atoms with van der Waals surface area (Å²) < 4.78 is 14.2. The fraction of sp³-hybridized carbons (Fsp3) is 0.0556. The van der Waals surface area contributed by atoms with Gasteiger partial charge >= 0.3 is 0 Å². The number of rotatable bonds is 2. The number of halogens is 2. The van der Waals surface area contributed by atoms with Gasteiger partial charge in [0.25, 0.3) is 0 Å². The van der Waals surface area contributed by atoms with Crippen LogP contribution < -0.4 is 0 Å². The molecule has 0 amide bonds. The monoisotopic (exact) mass is 298 g/mol. The van der Waals surface area contributed by atoms with Crippen molar-refractivity contribution in [2.45, 2.75) is 6.42 Å². The molecule has 0 spiro atoms. The standard InChI is InChI=1S/C18H12ClFO/c1-11-9-15(14-8-7-13(19)10-16(14)20)17(18(11)21)12-5-3-2-4-6-12/h2-8,10H,1,9H2. The topological polar surface area (TPSA) is 17.1 Å². The first kappa shape index (κ1) is 13.8.